The van der Waals surface area contributed by atoms with Gasteiger partial charge >= 0.3 is 0 Å². The van der Waals surface area contributed by atoms with E-state index in [2.05, 4.69) is 31.3 Å². The first-order valence-corrected chi connectivity index (χ1v) is 3.27. The lowest BCUT2D eigenvalue weighted by Crippen LogP contribution is -2.11. The molecule has 0 aromatic rings. The summed E-state index contributed by atoms with van der Waals surface area (Å²) >= 11 is 0. The van der Waals surface area contributed by atoms with Crippen molar-refractivity contribution < 1.29 is 0 Å². The molecule has 0 fully saturated rings. The summed E-state index contributed by atoms with van der Waals surface area (Å²) < 4.78 is 0. The third kappa shape index (κ3) is 11.5. The van der Waals surface area contributed by atoms with E-state index in [1.807, 2.05) is 0 Å². The lowest BCUT2D eigenvalue weighted by molar-refractivity contribution is 0.797. The molecule has 0 aromatic carbocycles. The van der Waals surface area contributed by atoms with Crippen LogP contribution in [0.15, 0.2) is 12.2 Å². The maximum Gasteiger partial charge on any atom is 0.0134 e. The SMILES string of the molecule is CCC=CCNCC.Cl. The number of nitrogens with one attached hydrogen (secondary N) is 1. The van der Waals surface area contributed by atoms with E-state index >= 15 is 0 Å². The molecule has 9 heavy (non-hydrogen) atoms. The van der Waals surface area contributed by atoms with Gasteiger partial charge in [-0.3, -0.25) is 0 Å². The standard InChI is InChI=1S/C7H15N.ClH/c1-3-5-6-7-8-4-2;/h5-6,8H,3-4,7H2,1-2H3;1H. The topological polar surface area (TPSA) is 12.0 Å². The van der Waals surface area contributed by atoms with Crippen LogP contribution < -0.4 is 5.32 Å². The van der Waals surface area contributed by atoms with Gasteiger partial charge in [-0.15, -0.1) is 12.4 Å². The van der Waals surface area contributed by atoms with Gasteiger partial charge in [0.25, 0.3) is 0 Å². The molecule has 0 aliphatic rings. The molecule has 0 aliphatic heterocycles. The second-order valence-corrected chi connectivity index (χ2v) is 1.69. The normalized spacial score (nSPS) is 9.56. The van der Waals surface area contributed by atoms with Crippen molar-refractivity contribution in [3.8, 4) is 0 Å². The van der Waals surface area contributed by atoms with Crippen molar-refractivity contribution in [3.05, 3.63) is 12.2 Å². The zero-order valence-electron chi connectivity index (χ0n) is 6.18. The summed E-state index contributed by atoms with van der Waals surface area (Å²) in [6.45, 7) is 6.33. The van der Waals surface area contributed by atoms with E-state index in [9.17, 15) is 0 Å². The molecule has 0 unspecified atom stereocenters. The lowest BCUT2D eigenvalue weighted by Gasteiger charge is -1.90. The smallest absolute Gasteiger partial charge is 0.0134 e. The van der Waals surface area contributed by atoms with E-state index in [0.717, 1.165) is 19.5 Å². The molecule has 0 bridgehead atoms. The molecular formula is C7H16ClN. The molecule has 0 radical (unpaired) electrons. The van der Waals surface area contributed by atoms with Crippen LogP contribution in [-0.2, 0) is 0 Å². The van der Waals surface area contributed by atoms with Crippen LogP contribution in [0.25, 0.3) is 0 Å². The van der Waals surface area contributed by atoms with Crippen molar-refractivity contribution >= 4 is 12.4 Å². The summed E-state index contributed by atoms with van der Waals surface area (Å²) in [4.78, 5) is 0. The third-order valence-corrected chi connectivity index (χ3v) is 0.915. The predicted octanol–water partition coefficient (Wildman–Crippen LogP) is 1.98. The van der Waals surface area contributed by atoms with Crippen molar-refractivity contribution in [3.63, 3.8) is 0 Å². The Morgan fingerprint density at radius 1 is 1.22 bits per heavy atom. The van der Waals surface area contributed by atoms with Crippen LogP contribution in [0.2, 0.25) is 0 Å². The first kappa shape index (κ1) is 11.7. The van der Waals surface area contributed by atoms with Gasteiger partial charge < -0.3 is 5.32 Å². The fourth-order valence-corrected chi connectivity index (χ4v) is 0.478. The Hall–Kier alpha value is -0.0100. The third-order valence-electron chi connectivity index (χ3n) is 0.915. The molecule has 0 saturated heterocycles. The van der Waals surface area contributed by atoms with E-state index in [4.69, 9.17) is 0 Å². The highest BCUT2D eigenvalue weighted by Gasteiger charge is 1.70. The monoisotopic (exact) mass is 149 g/mol. The van der Waals surface area contributed by atoms with E-state index < -0.39 is 0 Å². The van der Waals surface area contributed by atoms with E-state index in [-0.39, 0.29) is 12.4 Å². The maximum absolute atomic E-state index is 3.20. The molecule has 1 N–H and O–H groups in total. The maximum atomic E-state index is 3.20. The molecule has 0 aromatic heterocycles. The largest absolute Gasteiger partial charge is 0.314 e. The summed E-state index contributed by atoms with van der Waals surface area (Å²) in [6, 6.07) is 0. The quantitative estimate of drug-likeness (QED) is 0.476. The van der Waals surface area contributed by atoms with E-state index in [0.29, 0.717) is 0 Å². The Balaban J connectivity index is 0. The van der Waals surface area contributed by atoms with E-state index in [1.165, 1.54) is 0 Å². The first-order chi connectivity index (χ1) is 3.91. The van der Waals surface area contributed by atoms with Crippen molar-refractivity contribution in [1.29, 1.82) is 0 Å². The van der Waals surface area contributed by atoms with Gasteiger partial charge in [0.1, 0.15) is 0 Å². The molecule has 0 saturated carbocycles. The van der Waals surface area contributed by atoms with Gasteiger partial charge in [0.2, 0.25) is 0 Å². The molecule has 0 heterocycles. The number of hydrogen-bond acceptors (Lipinski definition) is 1. The van der Waals surface area contributed by atoms with Gasteiger partial charge in [0.15, 0.2) is 0 Å². The Bertz CT molecular complexity index is 61.9. The van der Waals surface area contributed by atoms with Crippen LogP contribution in [0.4, 0.5) is 0 Å². The lowest BCUT2D eigenvalue weighted by atomic mass is 10.4. The number of halogens is 1. The Morgan fingerprint density at radius 2 is 1.89 bits per heavy atom. The number of likely N-dealkylation sites (N-methyl/N-ethyl adjacent to an activating group) is 1. The molecule has 0 spiro atoms. The van der Waals surface area contributed by atoms with Gasteiger partial charge in [0, 0.05) is 6.54 Å². The van der Waals surface area contributed by atoms with Crippen LogP contribution >= 0.6 is 12.4 Å². The van der Waals surface area contributed by atoms with Gasteiger partial charge in [0.05, 0.1) is 0 Å². The summed E-state index contributed by atoms with van der Waals surface area (Å²) in [5.41, 5.74) is 0. The molecule has 0 amide bonds. The molecule has 2 heteroatoms. The zero-order chi connectivity index (χ0) is 6.24. The average Bonchev–Trinajstić information content (AvgIpc) is 1.81. The van der Waals surface area contributed by atoms with Gasteiger partial charge in [-0.2, -0.15) is 0 Å². The fourth-order valence-electron chi connectivity index (χ4n) is 0.478. The zero-order valence-corrected chi connectivity index (χ0v) is 7.00. The van der Waals surface area contributed by atoms with Crippen LogP contribution in [0.3, 0.4) is 0 Å². The van der Waals surface area contributed by atoms with E-state index in [1.54, 1.807) is 0 Å². The molecule has 56 valence electrons. The highest BCUT2D eigenvalue weighted by Crippen LogP contribution is 1.75. The molecule has 0 aliphatic carbocycles. The second-order valence-electron chi connectivity index (χ2n) is 1.69. The highest BCUT2D eigenvalue weighted by atomic mass is 35.5. The minimum Gasteiger partial charge on any atom is -0.314 e. The summed E-state index contributed by atoms with van der Waals surface area (Å²) in [5, 5.41) is 3.20. The van der Waals surface area contributed by atoms with Crippen LogP contribution in [0.1, 0.15) is 20.3 Å². The second kappa shape index (κ2) is 10.9. The number of allylic oxidation sites excluding steroid dienone is 1. The summed E-state index contributed by atoms with van der Waals surface area (Å²) in [6.07, 6.45) is 5.47. The Kier molecular flexibility index (Phi) is 14.2. The van der Waals surface area contributed by atoms with Gasteiger partial charge in [-0.1, -0.05) is 26.0 Å². The number of rotatable bonds is 4. The number of hydrogen-bond donors (Lipinski definition) is 1. The van der Waals surface area contributed by atoms with Crippen molar-refractivity contribution in [2.45, 2.75) is 20.3 Å². The van der Waals surface area contributed by atoms with Gasteiger partial charge in [-0.05, 0) is 13.0 Å². The van der Waals surface area contributed by atoms with Crippen molar-refractivity contribution in [2.75, 3.05) is 13.1 Å². The molecule has 0 atom stereocenters. The van der Waals surface area contributed by atoms with Crippen molar-refractivity contribution in [2.24, 2.45) is 0 Å². The molecular weight excluding hydrogens is 134 g/mol. The first-order valence-electron chi connectivity index (χ1n) is 3.27. The summed E-state index contributed by atoms with van der Waals surface area (Å²) in [7, 11) is 0. The predicted molar refractivity (Wildman–Crippen MR) is 45.2 cm³/mol. The van der Waals surface area contributed by atoms with Crippen LogP contribution in [0, 0.1) is 0 Å². The average molecular weight is 150 g/mol. The molecule has 1 nitrogen and oxygen atoms in total. The van der Waals surface area contributed by atoms with Crippen LogP contribution in [-0.4, -0.2) is 13.1 Å². The van der Waals surface area contributed by atoms with Crippen LogP contribution in [0.5, 0.6) is 0 Å². The van der Waals surface area contributed by atoms with Gasteiger partial charge in [-0.25, -0.2) is 0 Å². The summed E-state index contributed by atoms with van der Waals surface area (Å²) in [5.74, 6) is 0. The minimum atomic E-state index is 0. The molecule has 0 rings (SSSR count). The Labute approximate surface area is 63.9 Å². The highest BCUT2D eigenvalue weighted by molar-refractivity contribution is 5.85. The minimum absolute atomic E-state index is 0. The Morgan fingerprint density at radius 3 is 2.33 bits per heavy atom. The fraction of sp³-hybridized carbons (Fsp3) is 0.714. The van der Waals surface area contributed by atoms with Crippen molar-refractivity contribution in [1.82, 2.24) is 5.32 Å².